The van der Waals surface area contributed by atoms with Crippen LogP contribution < -0.4 is 10.0 Å². The van der Waals surface area contributed by atoms with E-state index in [9.17, 15) is 21.6 Å². The normalized spacial score (nSPS) is 11.8. The number of halogens is 1. The van der Waals surface area contributed by atoms with Crippen LogP contribution in [0.3, 0.4) is 0 Å². The number of unbranched alkanes of at least 4 members (excludes halogenated alkanes) is 1. The fourth-order valence-electron chi connectivity index (χ4n) is 2.74. The molecule has 2 aromatic rings. The van der Waals surface area contributed by atoms with Crippen molar-refractivity contribution in [2.45, 2.75) is 38.0 Å². The highest BCUT2D eigenvalue weighted by atomic mass is 35.5. The number of anilines is 1. The molecule has 2 aromatic carbocycles. The highest BCUT2D eigenvalue weighted by molar-refractivity contribution is 7.92. The molecule has 2 N–H and O–H groups in total. The van der Waals surface area contributed by atoms with Crippen molar-refractivity contribution in [1.29, 1.82) is 0 Å². The SMILES string of the molecule is CCCCc1ccc(NS(=O)(=O)c2ccc(Cl)c(C(=O)NCCS(=O)(=O)CC)c2)cc1. The van der Waals surface area contributed by atoms with Crippen LogP contribution in [0.25, 0.3) is 0 Å². The van der Waals surface area contributed by atoms with Gasteiger partial charge in [-0.2, -0.15) is 0 Å². The average molecular weight is 487 g/mol. The molecular weight excluding hydrogens is 460 g/mol. The Morgan fingerprint density at radius 3 is 2.29 bits per heavy atom. The molecule has 0 fully saturated rings. The second-order valence-electron chi connectivity index (χ2n) is 7.04. The molecule has 0 aliphatic heterocycles. The van der Waals surface area contributed by atoms with Gasteiger partial charge in [0.25, 0.3) is 15.9 Å². The van der Waals surface area contributed by atoms with Gasteiger partial charge in [0.05, 0.1) is 21.2 Å². The minimum Gasteiger partial charge on any atom is -0.351 e. The van der Waals surface area contributed by atoms with Crippen LogP contribution in [0.1, 0.15) is 42.6 Å². The molecule has 0 heterocycles. The van der Waals surface area contributed by atoms with Crippen LogP contribution in [0.5, 0.6) is 0 Å². The molecule has 10 heteroatoms. The molecule has 0 spiro atoms. The lowest BCUT2D eigenvalue weighted by Crippen LogP contribution is -2.30. The van der Waals surface area contributed by atoms with Gasteiger partial charge in [-0.15, -0.1) is 0 Å². The van der Waals surface area contributed by atoms with Crippen molar-refractivity contribution in [2.24, 2.45) is 0 Å². The van der Waals surface area contributed by atoms with Crippen molar-refractivity contribution in [3.63, 3.8) is 0 Å². The molecule has 2 rings (SSSR count). The maximum absolute atomic E-state index is 12.8. The van der Waals surface area contributed by atoms with Gasteiger partial charge in [-0.25, -0.2) is 16.8 Å². The first kappa shape index (κ1) is 25.2. The van der Waals surface area contributed by atoms with Crippen molar-refractivity contribution in [3.05, 3.63) is 58.6 Å². The Labute approximate surface area is 189 Å². The van der Waals surface area contributed by atoms with E-state index in [0.717, 1.165) is 24.8 Å². The van der Waals surface area contributed by atoms with E-state index in [1.807, 2.05) is 12.1 Å². The lowest BCUT2D eigenvalue weighted by Gasteiger charge is -2.11. The van der Waals surface area contributed by atoms with Crippen LogP contribution in [0, 0.1) is 0 Å². The number of sulfone groups is 1. The Balaban J connectivity index is 2.14. The third kappa shape index (κ3) is 7.52. The Morgan fingerprint density at radius 1 is 1.00 bits per heavy atom. The van der Waals surface area contributed by atoms with Gasteiger partial charge < -0.3 is 5.32 Å². The van der Waals surface area contributed by atoms with Gasteiger partial charge in [0.2, 0.25) is 0 Å². The summed E-state index contributed by atoms with van der Waals surface area (Å²) in [7, 11) is -7.18. The van der Waals surface area contributed by atoms with Crippen molar-refractivity contribution in [2.75, 3.05) is 22.8 Å². The van der Waals surface area contributed by atoms with Gasteiger partial charge in [-0.3, -0.25) is 9.52 Å². The van der Waals surface area contributed by atoms with Crippen molar-refractivity contribution < 1.29 is 21.6 Å². The molecule has 0 saturated carbocycles. The van der Waals surface area contributed by atoms with E-state index in [4.69, 9.17) is 11.6 Å². The van der Waals surface area contributed by atoms with Crippen molar-refractivity contribution >= 4 is 43.1 Å². The summed E-state index contributed by atoms with van der Waals surface area (Å²) in [5.41, 5.74) is 1.49. The highest BCUT2D eigenvalue weighted by Gasteiger charge is 2.19. The van der Waals surface area contributed by atoms with E-state index in [1.165, 1.54) is 25.1 Å². The highest BCUT2D eigenvalue weighted by Crippen LogP contribution is 2.23. The fraction of sp³-hybridized carbons (Fsp3) is 0.381. The first-order chi connectivity index (χ1) is 14.6. The minimum absolute atomic E-state index is 0.0252. The lowest BCUT2D eigenvalue weighted by molar-refractivity contribution is 0.0956. The van der Waals surface area contributed by atoms with Gasteiger partial charge in [0.15, 0.2) is 9.84 Å². The molecule has 0 aliphatic rings. The zero-order valence-electron chi connectivity index (χ0n) is 17.5. The number of aryl methyl sites for hydroxylation is 1. The van der Waals surface area contributed by atoms with E-state index in [2.05, 4.69) is 17.0 Å². The first-order valence-electron chi connectivity index (χ1n) is 9.98. The Bertz CT molecular complexity index is 1110. The van der Waals surface area contributed by atoms with E-state index in [-0.39, 0.29) is 33.5 Å². The summed E-state index contributed by atoms with van der Waals surface area (Å²) in [5, 5.41) is 2.53. The van der Waals surface area contributed by atoms with Gasteiger partial charge in [0.1, 0.15) is 0 Å². The smallest absolute Gasteiger partial charge is 0.261 e. The maximum Gasteiger partial charge on any atom is 0.261 e. The summed E-state index contributed by atoms with van der Waals surface area (Å²) >= 11 is 6.06. The second-order valence-corrected chi connectivity index (χ2v) is 11.6. The summed E-state index contributed by atoms with van der Waals surface area (Å²) in [5.74, 6) is -0.878. The van der Waals surface area contributed by atoms with Crippen LogP contribution in [0.2, 0.25) is 5.02 Å². The summed E-state index contributed by atoms with van der Waals surface area (Å²) < 4.78 is 51.1. The van der Waals surface area contributed by atoms with Crippen LogP contribution in [0.4, 0.5) is 5.69 Å². The number of carbonyl (C=O) groups is 1. The number of nitrogens with one attached hydrogen (secondary N) is 2. The van der Waals surface area contributed by atoms with Crippen molar-refractivity contribution in [3.8, 4) is 0 Å². The standard InChI is InChI=1S/C21H27ClN2O5S2/c1-3-5-6-16-7-9-17(10-8-16)24-31(28,29)18-11-12-20(22)19(15-18)21(25)23-13-14-30(26,27)4-2/h7-12,15,24H,3-6,13-14H2,1-2H3,(H,23,25). The monoisotopic (exact) mass is 486 g/mol. The van der Waals surface area contributed by atoms with E-state index in [0.29, 0.717) is 5.69 Å². The van der Waals surface area contributed by atoms with E-state index < -0.39 is 25.8 Å². The molecule has 0 aliphatic carbocycles. The number of benzene rings is 2. The summed E-state index contributed by atoms with van der Waals surface area (Å²) in [6.07, 6.45) is 3.07. The maximum atomic E-state index is 12.8. The quantitative estimate of drug-likeness (QED) is 0.503. The molecular formula is C21H27ClN2O5S2. The molecule has 0 unspecified atom stereocenters. The van der Waals surface area contributed by atoms with Crippen molar-refractivity contribution in [1.82, 2.24) is 5.32 Å². The zero-order chi connectivity index (χ0) is 23.1. The summed E-state index contributed by atoms with van der Waals surface area (Å²) in [6, 6.07) is 10.9. The number of hydrogen-bond donors (Lipinski definition) is 2. The molecule has 0 aromatic heterocycles. The largest absolute Gasteiger partial charge is 0.351 e. The van der Waals surface area contributed by atoms with Crippen LogP contribution in [-0.2, 0) is 26.3 Å². The molecule has 170 valence electrons. The number of hydrogen-bond acceptors (Lipinski definition) is 5. The molecule has 0 saturated heterocycles. The van der Waals surface area contributed by atoms with Crippen LogP contribution in [0.15, 0.2) is 47.4 Å². The molecule has 1 amide bonds. The van der Waals surface area contributed by atoms with E-state index in [1.54, 1.807) is 12.1 Å². The van der Waals surface area contributed by atoms with Gasteiger partial charge in [-0.1, -0.05) is 44.0 Å². The van der Waals surface area contributed by atoms with Gasteiger partial charge >= 0.3 is 0 Å². The number of amides is 1. The fourth-order valence-corrected chi connectivity index (χ4v) is 4.73. The van der Waals surface area contributed by atoms with Gasteiger partial charge in [-0.05, 0) is 48.7 Å². The predicted octanol–water partition coefficient (Wildman–Crippen LogP) is 3.65. The molecule has 0 radical (unpaired) electrons. The van der Waals surface area contributed by atoms with Gasteiger partial charge in [0, 0.05) is 18.0 Å². The number of rotatable bonds is 11. The van der Waals surface area contributed by atoms with Crippen LogP contribution >= 0.6 is 11.6 Å². The van der Waals surface area contributed by atoms with Crippen LogP contribution in [-0.4, -0.2) is 40.8 Å². The average Bonchev–Trinajstić information content (AvgIpc) is 2.73. The Morgan fingerprint density at radius 2 is 1.68 bits per heavy atom. The Kier molecular flexibility index (Phi) is 8.90. The molecule has 31 heavy (non-hydrogen) atoms. The lowest BCUT2D eigenvalue weighted by atomic mass is 10.1. The summed E-state index contributed by atoms with van der Waals surface area (Å²) in [4.78, 5) is 12.3. The third-order valence-corrected chi connectivity index (χ3v) is 8.07. The third-order valence-electron chi connectivity index (χ3n) is 4.66. The second kappa shape index (κ2) is 11.0. The molecule has 0 atom stereocenters. The molecule has 0 bridgehead atoms. The zero-order valence-corrected chi connectivity index (χ0v) is 19.9. The molecule has 7 nitrogen and oxygen atoms in total. The topological polar surface area (TPSA) is 109 Å². The predicted molar refractivity (Wildman–Crippen MR) is 124 cm³/mol. The summed E-state index contributed by atoms with van der Waals surface area (Å²) in [6.45, 7) is 3.54. The number of carbonyl (C=O) groups excluding carboxylic acids is 1. The first-order valence-corrected chi connectivity index (χ1v) is 13.7. The minimum atomic E-state index is -3.95. The Hall–Kier alpha value is -2.10. The van der Waals surface area contributed by atoms with E-state index >= 15 is 0 Å². The number of sulfonamides is 1.